The molecule has 1 aromatic heterocycles. The van der Waals surface area contributed by atoms with Crippen LogP contribution in [0, 0.1) is 11.8 Å². The van der Waals surface area contributed by atoms with Gasteiger partial charge in [-0.3, -0.25) is 4.79 Å². The summed E-state index contributed by atoms with van der Waals surface area (Å²) in [4.78, 5) is 26.0. The molecular weight excluding hydrogens is 292 g/mol. The number of aliphatic carboxylic acids is 1. The zero-order valence-electron chi connectivity index (χ0n) is 12.9. The molecule has 0 bridgehead atoms. The number of rotatable bonds is 3. The van der Waals surface area contributed by atoms with Gasteiger partial charge in [-0.1, -0.05) is 24.6 Å². The van der Waals surface area contributed by atoms with Gasteiger partial charge >= 0.3 is 5.97 Å². The number of aromatic nitrogens is 1. The Morgan fingerprint density at radius 1 is 1.17 bits per heavy atom. The van der Waals surface area contributed by atoms with E-state index >= 15 is 0 Å². The highest BCUT2D eigenvalue weighted by Crippen LogP contribution is 2.42. The largest absolute Gasteiger partial charge is 0.480 e. The van der Waals surface area contributed by atoms with Crippen LogP contribution in [0.25, 0.3) is 10.9 Å². The molecule has 1 aliphatic heterocycles. The second kappa shape index (κ2) is 5.41. The van der Waals surface area contributed by atoms with E-state index in [0.717, 1.165) is 30.2 Å². The van der Waals surface area contributed by atoms with Crippen LogP contribution in [-0.4, -0.2) is 39.0 Å². The topological polar surface area (TPSA) is 62.5 Å². The Hall–Kier alpha value is -2.30. The zero-order valence-corrected chi connectivity index (χ0v) is 12.9. The molecule has 0 radical (unpaired) electrons. The van der Waals surface area contributed by atoms with Crippen LogP contribution in [0.3, 0.4) is 0 Å². The van der Waals surface area contributed by atoms with Gasteiger partial charge in [0.05, 0.1) is 0 Å². The highest BCUT2D eigenvalue weighted by molar-refractivity contribution is 5.87. The fourth-order valence-corrected chi connectivity index (χ4v) is 4.39. The van der Waals surface area contributed by atoms with Gasteiger partial charge in [-0.15, -0.1) is 0 Å². The molecule has 1 amide bonds. The molecule has 1 saturated heterocycles. The van der Waals surface area contributed by atoms with E-state index in [1.807, 2.05) is 41.1 Å². The second-order valence-electron chi connectivity index (χ2n) is 6.69. The summed E-state index contributed by atoms with van der Waals surface area (Å²) in [5.74, 6) is -0.447. The number of hydrogen-bond donors (Lipinski definition) is 1. The van der Waals surface area contributed by atoms with Crippen LogP contribution in [0.4, 0.5) is 0 Å². The van der Waals surface area contributed by atoms with Crippen LogP contribution in [0.1, 0.15) is 19.3 Å². The van der Waals surface area contributed by atoms with E-state index in [0.29, 0.717) is 12.5 Å². The third kappa shape index (κ3) is 2.31. The van der Waals surface area contributed by atoms with Gasteiger partial charge < -0.3 is 14.6 Å². The molecule has 1 aliphatic carbocycles. The summed E-state index contributed by atoms with van der Waals surface area (Å²) in [6, 6.07) is 9.25. The Morgan fingerprint density at radius 3 is 2.83 bits per heavy atom. The zero-order chi connectivity index (χ0) is 16.0. The van der Waals surface area contributed by atoms with E-state index in [-0.39, 0.29) is 18.4 Å². The standard InChI is InChI=1S/C18H20N2O3/c21-16(11-19-9-8-12-4-1-2-7-15(12)19)20-10-13-5-3-6-14(13)17(20)18(22)23/h1-2,4,7-9,13-14,17H,3,5-6,10-11H2,(H,22,23). The molecule has 1 N–H and O–H groups in total. The monoisotopic (exact) mass is 312 g/mol. The maximum Gasteiger partial charge on any atom is 0.326 e. The third-order valence-electron chi connectivity index (χ3n) is 5.45. The van der Waals surface area contributed by atoms with E-state index in [2.05, 4.69) is 0 Å². The fraction of sp³-hybridized carbons (Fsp3) is 0.444. The fourth-order valence-electron chi connectivity index (χ4n) is 4.39. The van der Waals surface area contributed by atoms with E-state index in [1.54, 1.807) is 4.90 Å². The van der Waals surface area contributed by atoms with Crippen molar-refractivity contribution in [1.82, 2.24) is 9.47 Å². The molecule has 3 unspecified atom stereocenters. The highest BCUT2D eigenvalue weighted by Gasteiger charge is 2.49. The first-order chi connectivity index (χ1) is 11.1. The van der Waals surface area contributed by atoms with Crippen molar-refractivity contribution in [3.8, 4) is 0 Å². The SMILES string of the molecule is O=C(O)C1C2CCCC2CN1C(=O)Cn1ccc2ccccc21. The van der Waals surface area contributed by atoms with Crippen molar-refractivity contribution in [1.29, 1.82) is 0 Å². The smallest absolute Gasteiger partial charge is 0.326 e. The molecule has 3 atom stereocenters. The van der Waals surface area contributed by atoms with Crippen LogP contribution >= 0.6 is 0 Å². The first-order valence-electron chi connectivity index (χ1n) is 8.21. The second-order valence-corrected chi connectivity index (χ2v) is 6.69. The van der Waals surface area contributed by atoms with Gasteiger partial charge in [0.25, 0.3) is 0 Å². The average Bonchev–Trinajstić information content (AvgIpc) is 3.20. The van der Waals surface area contributed by atoms with Crippen LogP contribution in [0.15, 0.2) is 36.5 Å². The lowest BCUT2D eigenvalue weighted by Gasteiger charge is -2.24. The van der Waals surface area contributed by atoms with Crippen molar-refractivity contribution in [3.63, 3.8) is 0 Å². The predicted molar refractivity (Wildman–Crippen MR) is 85.9 cm³/mol. The Bertz CT molecular complexity index is 766. The number of nitrogens with zero attached hydrogens (tertiary/aromatic N) is 2. The normalized spacial score (nSPS) is 26.6. The third-order valence-corrected chi connectivity index (χ3v) is 5.45. The molecule has 0 spiro atoms. The van der Waals surface area contributed by atoms with Crippen molar-refractivity contribution >= 4 is 22.8 Å². The molecule has 1 saturated carbocycles. The Morgan fingerprint density at radius 2 is 2.00 bits per heavy atom. The van der Waals surface area contributed by atoms with Gasteiger partial charge in [0.15, 0.2) is 0 Å². The minimum absolute atomic E-state index is 0.0897. The molecule has 2 aromatic rings. The lowest BCUT2D eigenvalue weighted by atomic mass is 9.94. The lowest BCUT2D eigenvalue weighted by Crippen LogP contribution is -2.44. The summed E-state index contributed by atoms with van der Waals surface area (Å²) in [5.41, 5.74) is 1.01. The predicted octanol–water partition coefficient (Wildman–Crippen LogP) is 2.35. The summed E-state index contributed by atoms with van der Waals surface area (Å²) in [6.45, 7) is 0.802. The maximum absolute atomic E-state index is 12.7. The first-order valence-corrected chi connectivity index (χ1v) is 8.21. The van der Waals surface area contributed by atoms with Gasteiger partial charge in [-0.2, -0.15) is 0 Å². The number of carbonyl (C=O) groups is 2. The number of carboxylic acids is 1. The molecule has 120 valence electrons. The van der Waals surface area contributed by atoms with Crippen molar-refractivity contribution in [3.05, 3.63) is 36.5 Å². The van der Waals surface area contributed by atoms with Crippen LogP contribution in [-0.2, 0) is 16.1 Å². The van der Waals surface area contributed by atoms with E-state index in [4.69, 9.17) is 0 Å². The van der Waals surface area contributed by atoms with Crippen molar-refractivity contribution in [2.45, 2.75) is 31.8 Å². The quantitative estimate of drug-likeness (QED) is 0.946. The van der Waals surface area contributed by atoms with Crippen LogP contribution in [0.5, 0.6) is 0 Å². The summed E-state index contributed by atoms with van der Waals surface area (Å²) in [6.07, 6.45) is 4.96. The van der Waals surface area contributed by atoms with Crippen molar-refractivity contribution < 1.29 is 14.7 Å². The molecule has 4 rings (SSSR count). The molecule has 2 heterocycles. The van der Waals surface area contributed by atoms with Crippen LogP contribution in [0.2, 0.25) is 0 Å². The number of benzene rings is 1. The number of amides is 1. The number of hydrogen-bond acceptors (Lipinski definition) is 2. The molecule has 1 aromatic carbocycles. The van der Waals surface area contributed by atoms with Gasteiger partial charge in [0, 0.05) is 18.3 Å². The minimum Gasteiger partial charge on any atom is -0.480 e. The number of carbonyl (C=O) groups excluding carboxylic acids is 1. The molecular formula is C18H20N2O3. The molecule has 2 fully saturated rings. The Balaban J connectivity index is 1.58. The number of para-hydroxylation sites is 1. The molecule has 23 heavy (non-hydrogen) atoms. The number of carboxylic acid groups (broad SMARTS) is 1. The summed E-state index contributed by atoms with van der Waals surface area (Å²) in [5, 5.41) is 10.7. The summed E-state index contributed by atoms with van der Waals surface area (Å²) in [7, 11) is 0. The van der Waals surface area contributed by atoms with Crippen LogP contribution < -0.4 is 0 Å². The summed E-state index contributed by atoms with van der Waals surface area (Å²) >= 11 is 0. The van der Waals surface area contributed by atoms with E-state index < -0.39 is 12.0 Å². The van der Waals surface area contributed by atoms with Crippen molar-refractivity contribution in [2.75, 3.05) is 6.54 Å². The highest BCUT2D eigenvalue weighted by atomic mass is 16.4. The number of fused-ring (bicyclic) bond motifs is 2. The maximum atomic E-state index is 12.7. The average molecular weight is 312 g/mol. The Kier molecular flexibility index (Phi) is 3.36. The molecule has 5 nitrogen and oxygen atoms in total. The Labute approximate surface area is 134 Å². The van der Waals surface area contributed by atoms with E-state index in [1.165, 1.54) is 0 Å². The molecule has 2 aliphatic rings. The summed E-state index contributed by atoms with van der Waals surface area (Å²) < 4.78 is 1.91. The lowest BCUT2D eigenvalue weighted by molar-refractivity contribution is -0.149. The number of likely N-dealkylation sites (tertiary alicyclic amines) is 1. The van der Waals surface area contributed by atoms with Gasteiger partial charge in [0.1, 0.15) is 12.6 Å². The van der Waals surface area contributed by atoms with Gasteiger partial charge in [0.2, 0.25) is 5.91 Å². The first kappa shape index (κ1) is 14.3. The van der Waals surface area contributed by atoms with Gasteiger partial charge in [-0.05, 0) is 42.2 Å². The molecule has 5 heteroatoms. The van der Waals surface area contributed by atoms with Crippen molar-refractivity contribution in [2.24, 2.45) is 11.8 Å². The van der Waals surface area contributed by atoms with Gasteiger partial charge in [-0.25, -0.2) is 4.79 Å². The van der Waals surface area contributed by atoms with E-state index in [9.17, 15) is 14.7 Å². The minimum atomic E-state index is -0.856.